The Bertz CT molecular complexity index is 1100. The van der Waals surface area contributed by atoms with Gasteiger partial charge in [0.15, 0.2) is 17.5 Å². The van der Waals surface area contributed by atoms with Gasteiger partial charge in [0, 0.05) is 22.3 Å². The molecule has 0 saturated heterocycles. The Hall–Kier alpha value is -3.40. The number of carbonyl (C=O) groups is 1. The number of aromatic amines is 1. The second-order valence-electron chi connectivity index (χ2n) is 6.12. The Labute approximate surface area is 173 Å². The summed E-state index contributed by atoms with van der Waals surface area (Å²) >= 11 is 5.82. The average Bonchev–Trinajstić information content (AvgIpc) is 3.11. The number of anilines is 1. The van der Waals surface area contributed by atoms with Crippen LogP contribution in [0.2, 0.25) is 5.02 Å². The Kier molecular flexibility index (Phi) is 6.36. The molecule has 0 fully saturated rings. The molecule has 0 saturated carbocycles. The first kappa shape index (κ1) is 21.3. The molecule has 0 aliphatic rings. The van der Waals surface area contributed by atoms with Gasteiger partial charge in [-0.15, -0.1) is 0 Å². The highest BCUT2D eigenvalue weighted by Gasteiger charge is 2.14. The van der Waals surface area contributed by atoms with Gasteiger partial charge in [0.2, 0.25) is 5.96 Å². The van der Waals surface area contributed by atoms with Gasteiger partial charge in [-0.3, -0.25) is 15.2 Å². The summed E-state index contributed by atoms with van der Waals surface area (Å²) in [6, 6.07) is 7.40. The monoisotopic (exact) mass is 439 g/mol. The summed E-state index contributed by atoms with van der Waals surface area (Å²) < 4.78 is 53.6. The minimum Gasteiger partial charge on any atom is -0.325 e. The van der Waals surface area contributed by atoms with E-state index in [0.29, 0.717) is 6.07 Å². The smallest absolute Gasteiger partial charge is 0.258 e. The van der Waals surface area contributed by atoms with Crippen molar-refractivity contribution in [1.82, 2.24) is 15.5 Å². The topological polar surface area (TPSA) is 82.2 Å². The number of hydrogen-bond acceptors (Lipinski definition) is 3. The van der Waals surface area contributed by atoms with Gasteiger partial charge in [-0.2, -0.15) is 10.1 Å². The quantitative estimate of drug-likeness (QED) is 0.302. The van der Waals surface area contributed by atoms with Crippen LogP contribution in [0.5, 0.6) is 0 Å². The minimum atomic E-state index is -1.34. The molecule has 0 aliphatic carbocycles. The van der Waals surface area contributed by atoms with Crippen molar-refractivity contribution in [3.8, 4) is 0 Å². The fourth-order valence-corrected chi connectivity index (χ4v) is 2.59. The molecule has 2 aromatic carbocycles. The summed E-state index contributed by atoms with van der Waals surface area (Å²) in [6.07, 6.45) is -1.34. The van der Waals surface area contributed by atoms with Gasteiger partial charge in [0.1, 0.15) is 12.0 Å². The molecular formula is C19H14ClF4N5O. The van der Waals surface area contributed by atoms with Crippen molar-refractivity contribution in [1.29, 1.82) is 0 Å². The van der Waals surface area contributed by atoms with Gasteiger partial charge >= 0.3 is 0 Å². The number of hydrogen-bond donors (Lipinski definition) is 3. The number of alkyl halides is 1. The van der Waals surface area contributed by atoms with Crippen molar-refractivity contribution in [2.24, 2.45) is 4.99 Å². The zero-order valence-electron chi connectivity index (χ0n) is 15.3. The highest BCUT2D eigenvalue weighted by Crippen LogP contribution is 2.20. The number of halogens is 5. The van der Waals surface area contributed by atoms with E-state index in [0.717, 1.165) is 24.3 Å². The number of benzene rings is 2. The molecule has 1 aromatic heterocycles. The van der Waals surface area contributed by atoms with Crippen molar-refractivity contribution in [2.75, 3.05) is 5.32 Å². The molecule has 0 spiro atoms. The summed E-state index contributed by atoms with van der Waals surface area (Å²) in [4.78, 5) is 16.5. The Morgan fingerprint density at radius 2 is 1.90 bits per heavy atom. The third-order valence-corrected chi connectivity index (χ3v) is 4.00. The largest absolute Gasteiger partial charge is 0.325 e. The molecule has 1 atom stereocenters. The van der Waals surface area contributed by atoms with Crippen molar-refractivity contribution in [3.05, 3.63) is 76.2 Å². The summed E-state index contributed by atoms with van der Waals surface area (Å²) in [7, 11) is 0. The Balaban J connectivity index is 1.92. The van der Waals surface area contributed by atoms with E-state index >= 15 is 0 Å². The summed E-state index contributed by atoms with van der Waals surface area (Å²) in [5.74, 6) is -4.04. The Morgan fingerprint density at radius 1 is 1.13 bits per heavy atom. The summed E-state index contributed by atoms with van der Waals surface area (Å²) in [6.45, 7) is 1.29. The van der Waals surface area contributed by atoms with E-state index in [1.54, 1.807) is 0 Å². The maximum atomic E-state index is 13.6. The highest BCUT2D eigenvalue weighted by molar-refractivity contribution is 6.31. The number of carbonyl (C=O) groups excluding carboxylic acids is 1. The predicted octanol–water partition coefficient (Wildman–Crippen LogP) is 5.04. The molecule has 1 amide bonds. The number of aliphatic imine (C=N–C) groups is 1. The first-order valence-corrected chi connectivity index (χ1v) is 8.86. The van der Waals surface area contributed by atoms with Crippen LogP contribution in [0.1, 0.15) is 29.1 Å². The van der Waals surface area contributed by atoms with E-state index in [1.807, 2.05) is 0 Å². The molecule has 0 radical (unpaired) electrons. The maximum absolute atomic E-state index is 13.6. The molecule has 3 rings (SSSR count). The molecule has 3 aromatic rings. The number of guanidine groups is 1. The molecule has 6 nitrogen and oxygen atoms in total. The lowest BCUT2D eigenvalue weighted by Gasteiger charge is -2.12. The first-order valence-electron chi connectivity index (χ1n) is 8.49. The van der Waals surface area contributed by atoms with E-state index in [-0.39, 0.29) is 33.7 Å². The zero-order chi connectivity index (χ0) is 21.8. The summed E-state index contributed by atoms with van der Waals surface area (Å²) in [5, 5.41) is 11.3. The molecule has 156 valence electrons. The number of aromatic nitrogens is 2. The van der Waals surface area contributed by atoms with Crippen LogP contribution in [0.15, 0.2) is 47.5 Å². The number of nitrogens with zero attached hydrogens (tertiary/aromatic N) is 2. The fraction of sp³-hybridized carbons (Fsp3) is 0.105. The lowest BCUT2D eigenvalue weighted by Crippen LogP contribution is -2.36. The molecule has 1 unspecified atom stereocenters. The van der Waals surface area contributed by atoms with E-state index in [2.05, 4.69) is 25.8 Å². The van der Waals surface area contributed by atoms with E-state index < -0.39 is 29.5 Å². The molecular weight excluding hydrogens is 426 g/mol. The number of rotatable bonds is 4. The van der Waals surface area contributed by atoms with Gasteiger partial charge < -0.3 is 5.32 Å². The maximum Gasteiger partial charge on any atom is 0.258 e. The zero-order valence-corrected chi connectivity index (χ0v) is 16.1. The normalized spacial score (nSPS) is 12.5. The molecule has 30 heavy (non-hydrogen) atoms. The molecule has 3 N–H and O–H groups in total. The second-order valence-corrected chi connectivity index (χ2v) is 6.56. The van der Waals surface area contributed by atoms with Gasteiger partial charge in [-0.1, -0.05) is 11.6 Å². The number of amides is 1. The van der Waals surface area contributed by atoms with Crippen molar-refractivity contribution in [3.63, 3.8) is 0 Å². The second kappa shape index (κ2) is 8.95. The van der Waals surface area contributed by atoms with Gasteiger partial charge in [0.05, 0.1) is 5.69 Å². The van der Waals surface area contributed by atoms with Gasteiger partial charge in [-0.25, -0.2) is 17.6 Å². The molecule has 0 aliphatic heterocycles. The van der Waals surface area contributed by atoms with Crippen LogP contribution in [0.25, 0.3) is 0 Å². The van der Waals surface area contributed by atoms with Gasteiger partial charge in [-0.05, 0) is 43.3 Å². The van der Waals surface area contributed by atoms with E-state index in [4.69, 9.17) is 11.6 Å². The molecule has 1 heterocycles. The van der Waals surface area contributed by atoms with Gasteiger partial charge in [0.25, 0.3) is 5.91 Å². The molecule has 11 heteroatoms. The Morgan fingerprint density at radius 3 is 2.53 bits per heavy atom. The predicted molar refractivity (Wildman–Crippen MR) is 104 cm³/mol. The third kappa shape index (κ3) is 5.35. The number of H-pyrrole nitrogens is 1. The van der Waals surface area contributed by atoms with Crippen LogP contribution >= 0.6 is 11.6 Å². The van der Waals surface area contributed by atoms with Crippen LogP contribution in [0.3, 0.4) is 0 Å². The van der Waals surface area contributed by atoms with Crippen molar-refractivity contribution < 1.29 is 22.4 Å². The van der Waals surface area contributed by atoms with Crippen LogP contribution in [-0.2, 0) is 0 Å². The average molecular weight is 440 g/mol. The van der Waals surface area contributed by atoms with Crippen LogP contribution in [0.4, 0.5) is 29.1 Å². The van der Waals surface area contributed by atoms with Crippen LogP contribution < -0.4 is 10.6 Å². The SMILES string of the molecule is CC(F)c1cc(N=C(NC(=O)c2ccc(F)c(F)c2)Nc2cc(F)cc(Cl)c2)n[nH]1. The summed E-state index contributed by atoms with van der Waals surface area (Å²) in [5.41, 5.74) is 0.0913. The lowest BCUT2D eigenvalue weighted by molar-refractivity contribution is 0.0976. The van der Waals surface area contributed by atoms with Crippen LogP contribution in [-0.4, -0.2) is 22.1 Å². The molecule has 0 bridgehead atoms. The minimum absolute atomic E-state index is 0.00471. The van der Waals surface area contributed by atoms with Crippen molar-refractivity contribution >= 4 is 35.0 Å². The van der Waals surface area contributed by atoms with Crippen LogP contribution in [0, 0.1) is 17.5 Å². The number of nitrogens with one attached hydrogen (secondary N) is 3. The third-order valence-electron chi connectivity index (χ3n) is 3.78. The first-order chi connectivity index (χ1) is 14.2. The van der Waals surface area contributed by atoms with E-state index in [1.165, 1.54) is 19.1 Å². The lowest BCUT2D eigenvalue weighted by atomic mass is 10.2. The van der Waals surface area contributed by atoms with E-state index in [9.17, 15) is 22.4 Å². The fourth-order valence-electron chi connectivity index (χ4n) is 2.37. The van der Waals surface area contributed by atoms with Crippen molar-refractivity contribution in [2.45, 2.75) is 13.1 Å². The highest BCUT2D eigenvalue weighted by atomic mass is 35.5. The standard InChI is InChI=1S/C19H14ClF4N5O/c1-9(21)16-8-17(29-28-16)26-19(25-13-6-11(20)5-12(22)7-13)27-18(30)10-2-3-14(23)15(24)4-10/h2-9H,1H3,(H3,25,26,27,28,29,30).